The second-order valence-corrected chi connectivity index (χ2v) is 6.97. The molecule has 2 saturated heterocycles. The van der Waals surface area contributed by atoms with E-state index in [1.807, 2.05) is 23.1 Å². The van der Waals surface area contributed by atoms with Crippen molar-refractivity contribution >= 4 is 34.5 Å². The number of benzene rings is 1. The van der Waals surface area contributed by atoms with Crippen LogP contribution in [0, 0.1) is 0 Å². The van der Waals surface area contributed by atoms with E-state index in [4.69, 9.17) is 0 Å². The maximum absolute atomic E-state index is 12.7. The molecule has 1 amide bonds. The molecule has 20 heavy (non-hydrogen) atoms. The van der Waals surface area contributed by atoms with E-state index in [1.165, 1.54) is 25.8 Å². The van der Waals surface area contributed by atoms with Crippen molar-refractivity contribution in [2.24, 2.45) is 0 Å². The lowest BCUT2D eigenvalue weighted by Gasteiger charge is -2.44. The van der Waals surface area contributed by atoms with Crippen LogP contribution in [0.3, 0.4) is 0 Å². The number of piperazine rings is 1. The lowest BCUT2D eigenvalue weighted by atomic mass is 9.99. The predicted octanol–water partition coefficient (Wildman–Crippen LogP) is 3.05. The average molecular weight is 355 g/mol. The van der Waals surface area contributed by atoms with Crippen LogP contribution in [0.2, 0.25) is 0 Å². The van der Waals surface area contributed by atoms with Gasteiger partial charge in [-0.05, 0) is 53.5 Å². The van der Waals surface area contributed by atoms with E-state index < -0.39 is 0 Å². The van der Waals surface area contributed by atoms with Gasteiger partial charge in [-0.1, -0.05) is 6.42 Å². The molecule has 1 aromatic rings. The van der Waals surface area contributed by atoms with Gasteiger partial charge in [-0.2, -0.15) is 0 Å². The lowest BCUT2D eigenvalue weighted by Crippen LogP contribution is -2.56. The van der Waals surface area contributed by atoms with E-state index in [0.717, 1.165) is 34.6 Å². The lowest BCUT2D eigenvalue weighted by molar-refractivity contribution is 0.0371. The maximum Gasteiger partial charge on any atom is 0.255 e. The molecular weight excluding hydrogens is 336 g/mol. The normalized spacial score (nSPS) is 23.5. The molecule has 3 rings (SSSR count). The molecule has 1 unspecified atom stereocenters. The van der Waals surface area contributed by atoms with Crippen molar-refractivity contribution in [1.82, 2.24) is 9.80 Å². The fourth-order valence-electron chi connectivity index (χ4n) is 3.19. The monoisotopic (exact) mass is 354 g/mol. The molecule has 0 saturated carbocycles. The summed E-state index contributed by atoms with van der Waals surface area (Å²) in [4.78, 5) is 18.1. The molecule has 1 atom stereocenters. The van der Waals surface area contributed by atoms with Crippen LogP contribution in [-0.4, -0.2) is 47.9 Å². The quantitative estimate of drug-likeness (QED) is 0.783. The van der Waals surface area contributed by atoms with Crippen molar-refractivity contribution in [1.29, 1.82) is 0 Å². The molecule has 0 aliphatic carbocycles. The summed E-state index contributed by atoms with van der Waals surface area (Å²) in [7, 11) is 0. The molecule has 0 radical (unpaired) electrons. The van der Waals surface area contributed by atoms with E-state index >= 15 is 0 Å². The van der Waals surface area contributed by atoms with Gasteiger partial charge in [0.15, 0.2) is 0 Å². The largest absolute Gasteiger partial charge is 0.336 e. The third kappa shape index (κ3) is 2.90. The second kappa shape index (κ2) is 6.08. The minimum atomic E-state index is 0.123. The molecule has 3 nitrogen and oxygen atoms in total. The summed E-state index contributed by atoms with van der Waals surface area (Å²) < 4.78 is 0.853. The van der Waals surface area contributed by atoms with Crippen molar-refractivity contribution in [2.75, 3.05) is 26.2 Å². The Morgan fingerprint density at radius 1 is 1.25 bits per heavy atom. The first-order valence-electron chi connectivity index (χ1n) is 7.17. The van der Waals surface area contributed by atoms with E-state index in [0.29, 0.717) is 6.04 Å². The Labute approximate surface area is 133 Å². The summed E-state index contributed by atoms with van der Waals surface area (Å²) in [6.45, 7) is 3.90. The highest BCUT2D eigenvalue weighted by Crippen LogP contribution is 2.25. The number of rotatable bonds is 1. The average Bonchev–Trinajstić information content (AvgIpc) is 2.48. The zero-order chi connectivity index (χ0) is 14.1. The first-order chi connectivity index (χ1) is 9.65. The molecule has 2 heterocycles. The Kier molecular flexibility index (Phi) is 4.38. The summed E-state index contributed by atoms with van der Waals surface area (Å²) in [5.41, 5.74) is 0.724. The molecule has 0 spiro atoms. The van der Waals surface area contributed by atoms with Gasteiger partial charge in [0.2, 0.25) is 0 Å². The van der Waals surface area contributed by atoms with Crippen LogP contribution < -0.4 is 0 Å². The number of carbonyl (C=O) groups is 1. The highest BCUT2D eigenvalue weighted by molar-refractivity contribution is 9.10. The van der Waals surface area contributed by atoms with Gasteiger partial charge in [-0.15, -0.1) is 12.6 Å². The minimum Gasteiger partial charge on any atom is -0.336 e. The summed E-state index contributed by atoms with van der Waals surface area (Å²) in [6, 6.07) is 6.19. The van der Waals surface area contributed by atoms with Crippen molar-refractivity contribution in [3.05, 3.63) is 28.2 Å². The predicted molar refractivity (Wildman–Crippen MR) is 86.5 cm³/mol. The number of fused-ring (bicyclic) bond motifs is 1. The SMILES string of the molecule is O=C(c1cc(S)ccc1Br)N1CCN2CCCCC2C1. The summed E-state index contributed by atoms with van der Waals surface area (Å²) >= 11 is 7.81. The van der Waals surface area contributed by atoms with Crippen LogP contribution in [0.1, 0.15) is 29.6 Å². The van der Waals surface area contributed by atoms with E-state index in [1.54, 1.807) is 0 Å². The van der Waals surface area contributed by atoms with E-state index in [-0.39, 0.29) is 5.91 Å². The van der Waals surface area contributed by atoms with Gasteiger partial charge in [0, 0.05) is 35.0 Å². The Morgan fingerprint density at radius 3 is 2.95 bits per heavy atom. The van der Waals surface area contributed by atoms with Gasteiger partial charge in [-0.3, -0.25) is 9.69 Å². The third-order valence-electron chi connectivity index (χ3n) is 4.30. The fourth-order valence-corrected chi connectivity index (χ4v) is 3.81. The number of thiol groups is 1. The maximum atomic E-state index is 12.7. The molecule has 0 N–H and O–H groups in total. The molecule has 0 aromatic heterocycles. The van der Waals surface area contributed by atoms with Crippen molar-refractivity contribution in [3.8, 4) is 0 Å². The Hall–Kier alpha value is -0.520. The highest BCUT2D eigenvalue weighted by atomic mass is 79.9. The van der Waals surface area contributed by atoms with Crippen LogP contribution in [0.4, 0.5) is 0 Å². The number of hydrogen-bond acceptors (Lipinski definition) is 3. The topological polar surface area (TPSA) is 23.6 Å². The standard InChI is InChI=1S/C15H19BrN2OS/c16-14-5-4-12(20)9-13(14)15(19)18-8-7-17-6-2-1-3-11(17)10-18/h4-5,9,11,20H,1-3,6-8,10H2. The fraction of sp³-hybridized carbons (Fsp3) is 0.533. The number of nitrogens with zero attached hydrogens (tertiary/aromatic N) is 2. The van der Waals surface area contributed by atoms with Crippen LogP contribution in [0.25, 0.3) is 0 Å². The van der Waals surface area contributed by atoms with E-state index in [9.17, 15) is 4.79 Å². The first-order valence-corrected chi connectivity index (χ1v) is 8.41. The van der Waals surface area contributed by atoms with Gasteiger partial charge < -0.3 is 4.90 Å². The molecule has 5 heteroatoms. The van der Waals surface area contributed by atoms with Crippen LogP contribution in [-0.2, 0) is 0 Å². The van der Waals surface area contributed by atoms with Gasteiger partial charge in [0.1, 0.15) is 0 Å². The van der Waals surface area contributed by atoms with Gasteiger partial charge in [-0.25, -0.2) is 0 Å². The van der Waals surface area contributed by atoms with Gasteiger partial charge >= 0.3 is 0 Å². The summed E-state index contributed by atoms with van der Waals surface area (Å²) in [6.07, 6.45) is 3.81. The molecule has 2 fully saturated rings. The summed E-state index contributed by atoms with van der Waals surface area (Å²) in [5.74, 6) is 0.123. The molecule has 108 valence electrons. The summed E-state index contributed by atoms with van der Waals surface area (Å²) in [5, 5.41) is 0. The molecule has 2 aliphatic heterocycles. The van der Waals surface area contributed by atoms with Crippen molar-refractivity contribution < 1.29 is 4.79 Å². The first kappa shape index (κ1) is 14.4. The number of piperidine rings is 1. The van der Waals surface area contributed by atoms with Gasteiger partial charge in [0.05, 0.1) is 5.56 Å². The number of carbonyl (C=O) groups excluding carboxylic acids is 1. The highest BCUT2D eigenvalue weighted by Gasteiger charge is 2.31. The second-order valence-electron chi connectivity index (χ2n) is 5.60. The molecular formula is C15H19BrN2OS. The Bertz CT molecular complexity index is 523. The third-order valence-corrected chi connectivity index (χ3v) is 5.27. The Balaban J connectivity index is 1.76. The molecule has 1 aromatic carbocycles. The van der Waals surface area contributed by atoms with Gasteiger partial charge in [0.25, 0.3) is 5.91 Å². The Morgan fingerprint density at radius 2 is 2.10 bits per heavy atom. The number of amides is 1. The minimum absolute atomic E-state index is 0.123. The smallest absolute Gasteiger partial charge is 0.255 e. The van der Waals surface area contributed by atoms with Crippen molar-refractivity contribution in [2.45, 2.75) is 30.2 Å². The molecule has 2 aliphatic rings. The number of halogens is 1. The van der Waals surface area contributed by atoms with Crippen LogP contribution >= 0.6 is 28.6 Å². The van der Waals surface area contributed by atoms with Crippen LogP contribution in [0.5, 0.6) is 0 Å². The zero-order valence-electron chi connectivity index (χ0n) is 11.4. The number of hydrogen-bond donors (Lipinski definition) is 1. The zero-order valence-corrected chi connectivity index (χ0v) is 13.9. The van der Waals surface area contributed by atoms with Crippen molar-refractivity contribution in [3.63, 3.8) is 0 Å². The van der Waals surface area contributed by atoms with Crippen LogP contribution in [0.15, 0.2) is 27.6 Å². The van der Waals surface area contributed by atoms with E-state index in [2.05, 4.69) is 33.5 Å². The molecule has 0 bridgehead atoms.